The van der Waals surface area contributed by atoms with Gasteiger partial charge in [-0.15, -0.1) is 11.8 Å². The lowest BCUT2D eigenvalue weighted by atomic mass is 10.1. The summed E-state index contributed by atoms with van der Waals surface area (Å²) in [7, 11) is 1.95. The quantitative estimate of drug-likeness (QED) is 0.886. The smallest absolute Gasteiger partial charge is 0.0533 e. The molecule has 0 saturated carbocycles. The number of thioether (sulfide) groups is 1. The third-order valence-corrected chi connectivity index (χ3v) is 5.05. The molecule has 1 aromatic heterocycles. The zero-order valence-corrected chi connectivity index (χ0v) is 13.2. The van der Waals surface area contributed by atoms with Crippen molar-refractivity contribution in [2.24, 2.45) is 12.8 Å². The van der Waals surface area contributed by atoms with E-state index >= 15 is 0 Å². The molecule has 20 heavy (non-hydrogen) atoms. The average Bonchev–Trinajstić information content (AvgIpc) is 2.87. The summed E-state index contributed by atoms with van der Waals surface area (Å²) >= 11 is 1.91. The first-order valence-corrected chi connectivity index (χ1v) is 8.07. The lowest BCUT2D eigenvalue weighted by Gasteiger charge is -2.21. The van der Waals surface area contributed by atoms with Crippen LogP contribution in [-0.4, -0.2) is 15.8 Å². The highest BCUT2D eigenvalue weighted by molar-refractivity contribution is 7.98. The Morgan fingerprint density at radius 2 is 2.10 bits per heavy atom. The van der Waals surface area contributed by atoms with E-state index in [4.69, 9.17) is 5.73 Å². The fraction of sp³-hybridized carbons (Fsp3) is 0.438. The van der Waals surface area contributed by atoms with Crippen molar-refractivity contribution >= 4 is 11.8 Å². The lowest BCUT2D eigenvalue weighted by Crippen LogP contribution is -2.25. The molecule has 0 spiro atoms. The Hall–Kier alpha value is -1.26. The van der Waals surface area contributed by atoms with Crippen molar-refractivity contribution in [1.29, 1.82) is 0 Å². The Kier molecular flexibility index (Phi) is 5.26. The van der Waals surface area contributed by atoms with Gasteiger partial charge in [-0.2, -0.15) is 5.10 Å². The summed E-state index contributed by atoms with van der Waals surface area (Å²) in [6.45, 7) is 4.30. The molecule has 0 fully saturated rings. The summed E-state index contributed by atoms with van der Waals surface area (Å²) in [4.78, 5) is 0. The van der Waals surface area contributed by atoms with E-state index in [0.29, 0.717) is 5.25 Å². The average molecular weight is 289 g/mol. The summed E-state index contributed by atoms with van der Waals surface area (Å²) in [5.74, 6) is 0.986. The second-order valence-corrected chi connectivity index (χ2v) is 6.31. The molecule has 2 rings (SSSR count). The van der Waals surface area contributed by atoms with E-state index in [2.05, 4.69) is 49.4 Å². The van der Waals surface area contributed by atoms with E-state index in [1.807, 2.05) is 29.7 Å². The second-order valence-electron chi connectivity index (χ2n) is 5.18. The maximum atomic E-state index is 6.30. The minimum absolute atomic E-state index is 0.160. The van der Waals surface area contributed by atoms with Gasteiger partial charge in [-0.05, 0) is 24.5 Å². The molecule has 1 heterocycles. The van der Waals surface area contributed by atoms with E-state index in [0.717, 1.165) is 12.2 Å². The molecule has 2 aromatic rings. The number of nitrogens with two attached hydrogens (primary N) is 1. The van der Waals surface area contributed by atoms with E-state index in [1.54, 1.807) is 0 Å². The van der Waals surface area contributed by atoms with Crippen LogP contribution in [0.3, 0.4) is 0 Å². The Morgan fingerprint density at radius 3 is 2.70 bits per heavy atom. The van der Waals surface area contributed by atoms with Crippen molar-refractivity contribution in [3.05, 3.63) is 53.3 Å². The third kappa shape index (κ3) is 3.64. The minimum Gasteiger partial charge on any atom is -0.326 e. The Labute approximate surface area is 125 Å². The number of hydrogen-bond acceptors (Lipinski definition) is 3. The van der Waals surface area contributed by atoms with Crippen molar-refractivity contribution < 1.29 is 0 Å². The number of nitrogens with zero attached hydrogens (tertiary/aromatic N) is 2. The van der Waals surface area contributed by atoms with Crippen molar-refractivity contribution in [3.8, 4) is 0 Å². The van der Waals surface area contributed by atoms with Gasteiger partial charge < -0.3 is 5.73 Å². The maximum Gasteiger partial charge on any atom is 0.0533 e. The molecule has 2 atom stereocenters. The van der Waals surface area contributed by atoms with Gasteiger partial charge in [0, 0.05) is 35.9 Å². The molecule has 0 saturated heterocycles. The van der Waals surface area contributed by atoms with Crippen LogP contribution in [0.4, 0.5) is 0 Å². The van der Waals surface area contributed by atoms with Crippen LogP contribution in [0, 0.1) is 6.92 Å². The fourth-order valence-corrected chi connectivity index (χ4v) is 3.66. The number of hydrogen-bond donors (Lipinski definition) is 1. The highest BCUT2D eigenvalue weighted by Gasteiger charge is 2.20. The van der Waals surface area contributed by atoms with Crippen molar-refractivity contribution in [1.82, 2.24) is 9.78 Å². The zero-order valence-electron chi connectivity index (χ0n) is 12.4. The molecule has 0 radical (unpaired) electrons. The van der Waals surface area contributed by atoms with E-state index in [1.165, 1.54) is 16.7 Å². The number of aromatic nitrogens is 2. The molecule has 108 valence electrons. The van der Waals surface area contributed by atoms with Crippen LogP contribution in [0.1, 0.15) is 35.3 Å². The van der Waals surface area contributed by atoms with Gasteiger partial charge in [-0.25, -0.2) is 0 Å². The van der Waals surface area contributed by atoms with Crippen LogP contribution in [0.15, 0.2) is 36.7 Å². The van der Waals surface area contributed by atoms with E-state index in [-0.39, 0.29) is 6.04 Å². The monoisotopic (exact) mass is 289 g/mol. The Bertz CT molecular complexity index is 550. The van der Waals surface area contributed by atoms with Crippen LogP contribution in [-0.2, 0) is 12.8 Å². The molecule has 0 bridgehead atoms. The molecule has 0 aliphatic heterocycles. The molecular formula is C16H23N3S. The van der Waals surface area contributed by atoms with Crippen molar-refractivity contribution in [2.45, 2.75) is 37.3 Å². The topological polar surface area (TPSA) is 43.8 Å². The summed E-state index contributed by atoms with van der Waals surface area (Å²) in [6.07, 6.45) is 4.98. The molecular weight excluding hydrogens is 266 g/mol. The summed E-state index contributed by atoms with van der Waals surface area (Å²) in [6, 6.07) is 8.70. The molecule has 1 aromatic carbocycles. The van der Waals surface area contributed by atoms with Gasteiger partial charge in [0.1, 0.15) is 0 Å². The second kappa shape index (κ2) is 6.95. The molecule has 3 nitrogen and oxygen atoms in total. The van der Waals surface area contributed by atoms with E-state index < -0.39 is 0 Å². The summed E-state index contributed by atoms with van der Waals surface area (Å²) in [5.41, 5.74) is 10.3. The fourth-order valence-electron chi connectivity index (χ4n) is 2.22. The molecule has 0 amide bonds. The summed E-state index contributed by atoms with van der Waals surface area (Å²) < 4.78 is 1.85. The highest BCUT2D eigenvalue weighted by atomic mass is 32.2. The predicted molar refractivity (Wildman–Crippen MR) is 86.7 cm³/mol. The first kappa shape index (κ1) is 15.1. The molecule has 0 aliphatic rings. The SMILES string of the molecule is CCC(N)C(SCc1ccccc1C)c1cnn(C)c1. The highest BCUT2D eigenvalue weighted by Crippen LogP contribution is 2.35. The van der Waals surface area contributed by atoms with Gasteiger partial charge >= 0.3 is 0 Å². The number of benzene rings is 1. The summed E-state index contributed by atoms with van der Waals surface area (Å²) in [5, 5.41) is 4.57. The predicted octanol–water partition coefficient (Wildman–Crippen LogP) is 3.44. The van der Waals surface area contributed by atoms with Gasteiger partial charge in [0.2, 0.25) is 0 Å². The lowest BCUT2D eigenvalue weighted by molar-refractivity contribution is 0.633. The van der Waals surface area contributed by atoms with Crippen LogP contribution in [0.2, 0.25) is 0 Å². The molecule has 0 aliphatic carbocycles. The molecule has 2 unspecified atom stereocenters. The van der Waals surface area contributed by atoms with Gasteiger partial charge in [-0.1, -0.05) is 31.2 Å². The van der Waals surface area contributed by atoms with Crippen LogP contribution in [0.5, 0.6) is 0 Å². The van der Waals surface area contributed by atoms with Crippen molar-refractivity contribution in [2.75, 3.05) is 0 Å². The number of aryl methyl sites for hydroxylation is 2. The minimum atomic E-state index is 0.160. The van der Waals surface area contributed by atoms with Crippen LogP contribution in [0.25, 0.3) is 0 Å². The number of rotatable bonds is 6. The van der Waals surface area contributed by atoms with Crippen LogP contribution < -0.4 is 5.73 Å². The maximum absolute atomic E-state index is 6.30. The van der Waals surface area contributed by atoms with Gasteiger partial charge in [0.05, 0.1) is 6.20 Å². The normalized spacial score (nSPS) is 14.2. The van der Waals surface area contributed by atoms with Gasteiger partial charge in [-0.3, -0.25) is 4.68 Å². The van der Waals surface area contributed by atoms with E-state index in [9.17, 15) is 0 Å². The largest absolute Gasteiger partial charge is 0.326 e. The molecule has 4 heteroatoms. The van der Waals surface area contributed by atoms with Crippen LogP contribution >= 0.6 is 11.8 Å². The van der Waals surface area contributed by atoms with Gasteiger partial charge in [0.15, 0.2) is 0 Å². The Morgan fingerprint density at radius 1 is 1.35 bits per heavy atom. The van der Waals surface area contributed by atoms with Gasteiger partial charge in [0.25, 0.3) is 0 Å². The first-order chi connectivity index (χ1) is 9.61. The first-order valence-electron chi connectivity index (χ1n) is 7.02. The Balaban J connectivity index is 2.11. The zero-order chi connectivity index (χ0) is 14.5. The standard InChI is InChI=1S/C16H23N3S/c1-4-15(17)16(14-9-18-19(3)10-14)20-11-13-8-6-5-7-12(13)2/h5-10,15-16H,4,11,17H2,1-3H3. The molecule has 2 N–H and O–H groups in total. The third-order valence-electron chi connectivity index (χ3n) is 3.59. The van der Waals surface area contributed by atoms with Crippen molar-refractivity contribution in [3.63, 3.8) is 0 Å².